The van der Waals surface area contributed by atoms with E-state index in [0.717, 1.165) is 39.2 Å². The average Bonchev–Trinajstić information content (AvgIpc) is 2.65. The predicted octanol–water partition coefficient (Wildman–Crippen LogP) is 3.03. The van der Waals surface area contributed by atoms with Gasteiger partial charge in [0.25, 0.3) is 0 Å². The van der Waals surface area contributed by atoms with E-state index in [1.165, 1.54) is 0 Å². The van der Waals surface area contributed by atoms with Crippen molar-refractivity contribution in [2.45, 2.75) is 39.7 Å². The minimum Gasteiger partial charge on any atom is -0.388 e. The van der Waals surface area contributed by atoms with Gasteiger partial charge in [0.2, 0.25) is 0 Å². The van der Waals surface area contributed by atoms with Gasteiger partial charge in [-0.2, -0.15) is 5.10 Å². The summed E-state index contributed by atoms with van der Waals surface area (Å²) in [7, 11) is 1.91. The molecular formula is C15H20BrN3O. The van der Waals surface area contributed by atoms with Crippen molar-refractivity contribution >= 4 is 15.9 Å². The molecule has 1 unspecified atom stereocenters. The molecule has 0 spiro atoms. The van der Waals surface area contributed by atoms with Gasteiger partial charge in [-0.3, -0.25) is 9.67 Å². The smallest absolute Gasteiger partial charge is 0.0847 e. The molecule has 0 saturated carbocycles. The number of pyridine rings is 1. The number of aliphatic hydroxyl groups is 1. The molecule has 4 nitrogen and oxygen atoms in total. The highest BCUT2D eigenvalue weighted by Crippen LogP contribution is 2.27. The highest BCUT2D eigenvalue weighted by molar-refractivity contribution is 9.10. The molecule has 0 radical (unpaired) electrons. The van der Waals surface area contributed by atoms with Crippen LogP contribution in [0.2, 0.25) is 0 Å². The molecule has 1 N–H and O–H groups in total. The van der Waals surface area contributed by atoms with Gasteiger partial charge < -0.3 is 5.11 Å². The Morgan fingerprint density at radius 3 is 2.40 bits per heavy atom. The fraction of sp³-hybridized carbons (Fsp3) is 0.467. The van der Waals surface area contributed by atoms with Crippen molar-refractivity contribution in [3.8, 4) is 0 Å². The third-order valence-electron chi connectivity index (χ3n) is 3.38. The van der Waals surface area contributed by atoms with Gasteiger partial charge in [0, 0.05) is 24.9 Å². The lowest BCUT2D eigenvalue weighted by molar-refractivity contribution is 0.175. The first kappa shape index (κ1) is 15.2. The van der Waals surface area contributed by atoms with E-state index in [1.54, 1.807) is 0 Å². The second-order valence-corrected chi connectivity index (χ2v) is 5.88. The summed E-state index contributed by atoms with van der Waals surface area (Å²) in [6.45, 7) is 5.96. The summed E-state index contributed by atoms with van der Waals surface area (Å²) in [5, 5.41) is 14.9. The van der Waals surface area contributed by atoms with Gasteiger partial charge in [-0.05, 0) is 53.9 Å². The summed E-state index contributed by atoms with van der Waals surface area (Å²) in [6, 6.07) is 3.87. The van der Waals surface area contributed by atoms with Crippen LogP contribution in [0.5, 0.6) is 0 Å². The number of aryl methyl sites for hydroxylation is 4. The number of hydrogen-bond donors (Lipinski definition) is 1. The van der Waals surface area contributed by atoms with Crippen LogP contribution in [0.4, 0.5) is 0 Å². The maximum absolute atomic E-state index is 10.5. The maximum Gasteiger partial charge on any atom is 0.0847 e. The van der Waals surface area contributed by atoms with Crippen LogP contribution < -0.4 is 0 Å². The zero-order valence-electron chi connectivity index (χ0n) is 12.3. The molecule has 2 aromatic heterocycles. The second kappa shape index (κ2) is 6.06. The largest absolute Gasteiger partial charge is 0.388 e. The van der Waals surface area contributed by atoms with Crippen LogP contribution >= 0.6 is 15.9 Å². The van der Waals surface area contributed by atoms with Crippen molar-refractivity contribution in [1.29, 1.82) is 0 Å². The van der Waals surface area contributed by atoms with Crippen molar-refractivity contribution in [3.05, 3.63) is 44.9 Å². The van der Waals surface area contributed by atoms with Crippen LogP contribution in [-0.2, 0) is 19.9 Å². The summed E-state index contributed by atoms with van der Waals surface area (Å²) >= 11 is 3.59. The lowest BCUT2D eigenvalue weighted by Gasteiger charge is -2.13. The second-order valence-electron chi connectivity index (χ2n) is 5.09. The number of aliphatic hydroxyl groups excluding tert-OH is 1. The molecule has 0 aliphatic heterocycles. The van der Waals surface area contributed by atoms with E-state index >= 15 is 0 Å². The fourth-order valence-corrected chi connectivity index (χ4v) is 3.18. The van der Waals surface area contributed by atoms with Crippen molar-refractivity contribution in [2.75, 3.05) is 0 Å². The standard InChI is InChI=1S/C15H20BrN3O/c1-5-12-15(16)13(19(4)18-12)8-14(20)11-6-9(2)17-10(3)7-11/h6-7,14,20H,5,8H2,1-4H3. The Balaban J connectivity index is 2.27. The van der Waals surface area contributed by atoms with Gasteiger partial charge >= 0.3 is 0 Å². The molecule has 5 heteroatoms. The van der Waals surface area contributed by atoms with Gasteiger partial charge in [0.1, 0.15) is 0 Å². The quantitative estimate of drug-likeness (QED) is 0.932. The third-order valence-corrected chi connectivity index (χ3v) is 4.29. The zero-order valence-corrected chi connectivity index (χ0v) is 13.9. The van der Waals surface area contributed by atoms with Gasteiger partial charge in [0.15, 0.2) is 0 Å². The summed E-state index contributed by atoms with van der Waals surface area (Å²) in [5.41, 5.74) is 4.80. The monoisotopic (exact) mass is 337 g/mol. The molecule has 0 aliphatic carbocycles. The number of aromatic nitrogens is 3. The molecule has 108 valence electrons. The van der Waals surface area contributed by atoms with Crippen LogP contribution in [0.1, 0.15) is 41.4 Å². The molecule has 2 aromatic rings. The molecule has 0 bridgehead atoms. The Bertz CT molecular complexity index is 602. The number of rotatable bonds is 4. The Morgan fingerprint density at radius 1 is 1.30 bits per heavy atom. The highest BCUT2D eigenvalue weighted by Gasteiger charge is 2.17. The minimum absolute atomic E-state index is 0.535. The van der Waals surface area contributed by atoms with E-state index in [-0.39, 0.29) is 0 Å². The minimum atomic E-state index is -0.549. The number of halogens is 1. The molecule has 0 amide bonds. The van der Waals surface area contributed by atoms with E-state index in [0.29, 0.717) is 6.42 Å². The van der Waals surface area contributed by atoms with Gasteiger partial charge in [-0.25, -0.2) is 0 Å². The first-order chi connectivity index (χ1) is 9.42. The van der Waals surface area contributed by atoms with Gasteiger partial charge in [-0.15, -0.1) is 0 Å². The zero-order chi connectivity index (χ0) is 14.9. The molecule has 20 heavy (non-hydrogen) atoms. The fourth-order valence-electron chi connectivity index (χ4n) is 2.40. The van der Waals surface area contributed by atoms with Crippen LogP contribution in [-0.4, -0.2) is 19.9 Å². The van der Waals surface area contributed by atoms with E-state index < -0.39 is 6.10 Å². The van der Waals surface area contributed by atoms with Crippen molar-refractivity contribution in [1.82, 2.24) is 14.8 Å². The molecule has 0 aliphatic rings. The van der Waals surface area contributed by atoms with E-state index in [2.05, 4.69) is 32.9 Å². The van der Waals surface area contributed by atoms with Gasteiger partial charge in [-0.1, -0.05) is 6.92 Å². The maximum atomic E-state index is 10.5. The van der Waals surface area contributed by atoms with E-state index in [1.807, 2.05) is 37.7 Å². The molecule has 0 saturated heterocycles. The van der Waals surface area contributed by atoms with Crippen LogP contribution in [0, 0.1) is 13.8 Å². The van der Waals surface area contributed by atoms with E-state index in [4.69, 9.17) is 0 Å². The Kier molecular flexibility index (Phi) is 4.60. The first-order valence-corrected chi connectivity index (χ1v) is 7.55. The van der Waals surface area contributed by atoms with Crippen molar-refractivity contribution < 1.29 is 5.11 Å². The highest BCUT2D eigenvalue weighted by atomic mass is 79.9. The van der Waals surface area contributed by atoms with Crippen LogP contribution in [0.15, 0.2) is 16.6 Å². The number of nitrogens with zero attached hydrogens (tertiary/aromatic N) is 3. The normalized spacial score (nSPS) is 12.7. The molecule has 0 fully saturated rings. The number of hydrogen-bond acceptors (Lipinski definition) is 3. The van der Waals surface area contributed by atoms with E-state index in [9.17, 15) is 5.11 Å². The Labute approximate surface area is 128 Å². The topological polar surface area (TPSA) is 50.9 Å². The molecular weight excluding hydrogens is 318 g/mol. The van der Waals surface area contributed by atoms with Crippen molar-refractivity contribution in [3.63, 3.8) is 0 Å². The summed E-state index contributed by atoms with van der Waals surface area (Å²) in [6.07, 6.45) is 0.858. The van der Waals surface area contributed by atoms with Crippen LogP contribution in [0.25, 0.3) is 0 Å². The molecule has 2 rings (SSSR count). The Hall–Kier alpha value is -1.20. The lowest BCUT2D eigenvalue weighted by atomic mass is 10.0. The predicted molar refractivity (Wildman–Crippen MR) is 82.7 cm³/mol. The summed E-state index contributed by atoms with van der Waals surface area (Å²) < 4.78 is 2.84. The molecule has 0 aromatic carbocycles. The third kappa shape index (κ3) is 3.10. The summed E-state index contributed by atoms with van der Waals surface area (Å²) in [4.78, 5) is 4.34. The van der Waals surface area contributed by atoms with Crippen LogP contribution in [0.3, 0.4) is 0 Å². The molecule has 2 heterocycles. The molecule has 1 atom stereocenters. The van der Waals surface area contributed by atoms with Gasteiger partial charge in [0.05, 0.1) is 22.0 Å². The Morgan fingerprint density at radius 2 is 1.90 bits per heavy atom. The van der Waals surface area contributed by atoms with Crippen molar-refractivity contribution in [2.24, 2.45) is 7.05 Å². The average molecular weight is 338 g/mol. The first-order valence-electron chi connectivity index (χ1n) is 6.75. The summed E-state index contributed by atoms with van der Waals surface area (Å²) in [5.74, 6) is 0. The lowest BCUT2D eigenvalue weighted by Crippen LogP contribution is -2.08. The SMILES string of the molecule is CCc1nn(C)c(CC(O)c2cc(C)nc(C)c2)c1Br.